The maximum Gasteiger partial charge on any atom is 0.310 e. The van der Waals surface area contributed by atoms with Crippen molar-refractivity contribution in [2.24, 2.45) is 0 Å². The fourth-order valence-corrected chi connectivity index (χ4v) is 2.28. The van der Waals surface area contributed by atoms with Crippen LogP contribution in [0.3, 0.4) is 0 Å². The smallest absolute Gasteiger partial charge is 0.310 e. The van der Waals surface area contributed by atoms with Crippen molar-refractivity contribution in [1.29, 1.82) is 0 Å². The van der Waals surface area contributed by atoms with Crippen molar-refractivity contribution >= 4 is 23.3 Å². The van der Waals surface area contributed by atoms with E-state index >= 15 is 0 Å². The van der Waals surface area contributed by atoms with Gasteiger partial charge in [0.05, 0.1) is 11.5 Å². The second-order valence-electron chi connectivity index (χ2n) is 3.78. The topological polar surface area (TPSA) is 69.4 Å². The minimum atomic E-state index is -0.519. The van der Waals surface area contributed by atoms with Crippen LogP contribution in [0.15, 0.2) is 35.7 Å². The molecule has 0 N–H and O–H groups in total. The predicted octanol–water partition coefficient (Wildman–Crippen LogP) is 3.09. The van der Waals surface area contributed by atoms with Gasteiger partial charge in [-0.05, 0) is 23.6 Å². The van der Waals surface area contributed by atoms with Gasteiger partial charge in [-0.25, -0.2) is 0 Å². The fourth-order valence-electron chi connectivity index (χ4n) is 1.59. The van der Waals surface area contributed by atoms with Crippen molar-refractivity contribution in [3.05, 3.63) is 56.3 Å². The number of thiophene rings is 1. The number of hydrogen-bond donors (Lipinski definition) is 0. The molecule has 6 heteroatoms. The highest BCUT2D eigenvalue weighted by Gasteiger charge is 2.15. The lowest BCUT2D eigenvalue weighted by atomic mass is 10.2. The zero-order valence-corrected chi connectivity index (χ0v) is 10.8. The number of nitro groups is 1. The molecule has 0 amide bonds. The minimum Gasteiger partial charge on any atom is -0.486 e. The van der Waals surface area contributed by atoms with E-state index in [1.165, 1.54) is 18.2 Å². The van der Waals surface area contributed by atoms with Gasteiger partial charge < -0.3 is 4.74 Å². The molecule has 19 heavy (non-hydrogen) atoms. The van der Waals surface area contributed by atoms with Gasteiger partial charge in [-0.1, -0.05) is 6.07 Å². The van der Waals surface area contributed by atoms with Crippen LogP contribution in [0.4, 0.5) is 5.69 Å². The first-order valence-electron chi connectivity index (χ1n) is 5.59. The summed E-state index contributed by atoms with van der Waals surface area (Å²) in [7, 11) is 0. The van der Waals surface area contributed by atoms with Gasteiger partial charge in [0, 0.05) is 22.9 Å². The number of ether oxygens (including phenoxy) is 1. The molecule has 5 nitrogen and oxygen atoms in total. The zero-order chi connectivity index (χ0) is 13.7. The molecule has 0 saturated heterocycles. The third-order valence-corrected chi connectivity index (χ3v) is 3.44. The van der Waals surface area contributed by atoms with E-state index in [0.29, 0.717) is 24.9 Å². The van der Waals surface area contributed by atoms with Crippen LogP contribution in [0, 0.1) is 10.1 Å². The Morgan fingerprint density at radius 1 is 1.37 bits per heavy atom. The van der Waals surface area contributed by atoms with Gasteiger partial charge >= 0.3 is 5.69 Å². The average molecular weight is 277 g/mol. The molecular weight excluding hydrogens is 266 g/mol. The first-order chi connectivity index (χ1) is 9.20. The van der Waals surface area contributed by atoms with Gasteiger partial charge in [-0.2, -0.15) is 0 Å². The summed E-state index contributed by atoms with van der Waals surface area (Å²) in [5, 5.41) is 12.8. The maximum atomic E-state index is 10.9. The summed E-state index contributed by atoms with van der Waals surface area (Å²) in [4.78, 5) is 22.2. The van der Waals surface area contributed by atoms with Gasteiger partial charge in [0.25, 0.3) is 0 Å². The van der Waals surface area contributed by atoms with Crippen LogP contribution in [-0.2, 0) is 6.42 Å². The number of benzene rings is 1. The summed E-state index contributed by atoms with van der Waals surface area (Å²) in [5.74, 6) is 0.131. The second kappa shape index (κ2) is 6.10. The van der Waals surface area contributed by atoms with E-state index in [-0.39, 0.29) is 11.4 Å². The number of hydrogen-bond acceptors (Lipinski definition) is 5. The molecular formula is C13H11NO4S. The Bertz CT molecular complexity index is 580. The lowest BCUT2D eigenvalue weighted by Gasteiger charge is -2.06. The first kappa shape index (κ1) is 13.2. The number of carbonyl (C=O) groups is 1. The summed E-state index contributed by atoms with van der Waals surface area (Å²) < 4.78 is 5.42. The van der Waals surface area contributed by atoms with Gasteiger partial charge in [-0.15, -0.1) is 11.3 Å². The van der Waals surface area contributed by atoms with Crippen molar-refractivity contribution in [1.82, 2.24) is 0 Å². The molecule has 2 rings (SSSR count). The molecule has 0 bridgehead atoms. The highest BCUT2D eigenvalue weighted by atomic mass is 32.1. The van der Waals surface area contributed by atoms with Crippen LogP contribution in [0.1, 0.15) is 15.2 Å². The first-order valence-corrected chi connectivity index (χ1v) is 6.47. The molecule has 0 saturated carbocycles. The minimum absolute atomic E-state index is 0.128. The Morgan fingerprint density at radius 3 is 2.84 bits per heavy atom. The monoisotopic (exact) mass is 277 g/mol. The van der Waals surface area contributed by atoms with Crippen LogP contribution in [0.5, 0.6) is 5.75 Å². The summed E-state index contributed by atoms with van der Waals surface area (Å²) in [6, 6.07) is 7.99. The number of nitro benzene ring substituents is 1. The molecule has 0 atom stereocenters. The lowest BCUT2D eigenvalue weighted by molar-refractivity contribution is -0.385. The second-order valence-corrected chi connectivity index (χ2v) is 4.81. The molecule has 0 fully saturated rings. The Kier molecular flexibility index (Phi) is 4.25. The Hall–Kier alpha value is -2.21. The van der Waals surface area contributed by atoms with E-state index in [4.69, 9.17) is 4.74 Å². The summed E-state index contributed by atoms with van der Waals surface area (Å²) in [6.07, 6.45) is 1.32. The average Bonchev–Trinajstić information content (AvgIpc) is 2.91. The third-order valence-electron chi connectivity index (χ3n) is 2.50. The molecule has 0 radical (unpaired) electrons. The summed E-state index contributed by atoms with van der Waals surface area (Å²) >= 11 is 1.61. The molecule has 1 aromatic carbocycles. The van der Waals surface area contributed by atoms with Crippen LogP contribution in [0.2, 0.25) is 0 Å². The quantitative estimate of drug-likeness (QED) is 0.462. The van der Waals surface area contributed by atoms with Gasteiger partial charge in [0.1, 0.15) is 6.29 Å². The van der Waals surface area contributed by atoms with E-state index in [0.717, 1.165) is 4.88 Å². The standard InChI is InChI=1S/C13H11NO4S/c15-9-10-3-4-12(14(16)17)13(8-10)18-6-5-11-2-1-7-19-11/h1-4,7-9H,5-6H2. The van der Waals surface area contributed by atoms with Crippen molar-refractivity contribution in [2.45, 2.75) is 6.42 Å². The number of rotatable bonds is 6. The molecule has 98 valence electrons. The molecule has 1 heterocycles. The van der Waals surface area contributed by atoms with Gasteiger partial charge in [0.15, 0.2) is 5.75 Å². The number of nitrogens with zero attached hydrogens (tertiary/aromatic N) is 1. The lowest BCUT2D eigenvalue weighted by Crippen LogP contribution is -2.03. The Morgan fingerprint density at radius 2 is 2.21 bits per heavy atom. The van der Waals surface area contributed by atoms with E-state index in [2.05, 4.69) is 0 Å². The highest BCUT2D eigenvalue weighted by molar-refractivity contribution is 7.09. The van der Waals surface area contributed by atoms with Gasteiger partial charge in [0.2, 0.25) is 0 Å². The summed E-state index contributed by atoms with van der Waals surface area (Å²) in [5.41, 5.74) is 0.230. The van der Waals surface area contributed by atoms with E-state index in [1.807, 2.05) is 17.5 Å². The molecule has 0 aliphatic carbocycles. The van der Waals surface area contributed by atoms with E-state index < -0.39 is 4.92 Å². The molecule has 0 aliphatic heterocycles. The summed E-state index contributed by atoms with van der Waals surface area (Å²) in [6.45, 7) is 0.337. The van der Waals surface area contributed by atoms with Crippen LogP contribution in [0.25, 0.3) is 0 Å². The predicted molar refractivity (Wildman–Crippen MR) is 72.0 cm³/mol. The Balaban J connectivity index is 2.08. The van der Waals surface area contributed by atoms with Crippen molar-refractivity contribution < 1.29 is 14.5 Å². The normalized spacial score (nSPS) is 10.1. The number of aldehydes is 1. The molecule has 1 aromatic heterocycles. The largest absolute Gasteiger partial charge is 0.486 e. The maximum absolute atomic E-state index is 10.9. The molecule has 2 aromatic rings. The van der Waals surface area contributed by atoms with E-state index in [9.17, 15) is 14.9 Å². The number of carbonyl (C=O) groups excluding carboxylic acids is 1. The van der Waals surface area contributed by atoms with Crippen LogP contribution >= 0.6 is 11.3 Å². The van der Waals surface area contributed by atoms with Crippen molar-refractivity contribution in [3.63, 3.8) is 0 Å². The Labute approximate surface area is 113 Å². The third kappa shape index (κ3) is 3.38. The van der Waals surface area contributed by atoms with Crippen LogP contribution < -0.4 is 4.74 Å². The highest BCUT2D eigenvalue weighted by Crippen LogP contribution is 2.27. The fraction of sp³-hybridized carbons (Fsp3) is 0.154. The molecule has 0 spiro atoms. The SMILES string of the molecule is O=Cc1ccc([N+](=O)[O-])c(OCCc2cccs2)c1. The van der Waals surface area contributed by atoms with Crippen molar-refractivity contribution in [3.8, 4) is 5.75 Å². The zero-order valence-electron chi connectivity index (χ0n) is 9.94. The van der Waals surface area contributed by atoms with E-state index in [1.54, 1.807) is 11.3 Å². The van der Waals surface area contributed by atoms with Gasteiger partial charge in [-0.3, -0.25) is 14.9 Å². The molecule has 0 aliphatic rings. The van der Waals surface area contributed by atoms with Crippen LogP contribution in [-0.4, -0.2) is 17.8 Å². The van der Waals surface area contributed by atoms with Crippen molar-refractivity contribution in [2.75, 3.05) is 6.61 Å². The molecule has 0 unspecified atom stereocenters.